The molecule has 5 aliphatic rings. The first-order valence-corrected chi connectivity index (χ1v) is 11.6. The third-order valence-corrected chi connectivity index (χ3v) is 9.18. The van der Waals surface area contributed by atoms with E-state index in [0.29, 0.717) is 24.8 Å². The molecule has 0 radical (unpaired) electrons. The molecule has 10 heteroatoms. The summed E-state index contributed by atoms with van der Waals surface area (Å²) >= 11 is 0. The van der Waals surface area contributed by atoms with Crippen molar-refractivity contribution in [3.05, 3.63) is 24.3 Å². The Bertz CT molecular complexity index is 1110. The van der Waals surface area contributed by atoms with Crippen molar-refractivity contribution in [3.8, 4) is 0 Å². The zero-order valence-electron chi connectivity index (χ0n) is 20.1. The van der Waals surface area contributed by atoms with Gasteiger partial charge in [0.2, 0.25) is 0 Å². The first-order valence-electron chi connectivity index (χ1n) is 11.6. The molecule has 3 saturated carbocycles. The fourth-order valence-electron chi connectivity index (χ4n) is 8.01. The molecular formula is C25H28O10. The quantitative estimate of drug-likeness (QED) is 0.249. The lowest BCUT2D eigenvalue weighted by atomic mass is 9.61. The molecule has 10 nitrogen and oxygen atoms in total. The van der Waals surface area contributed by atoms with Gasteiger partial charge in [0.1, 0.15) is 22.7 Å². The minimum absolute atomic E-state index is 0.226. The average Bonchev–Trinajstić information content (AvgIpc) is 3.24. The third kappa shape index (κ3) is 2.68. The van der Waals surface area contributed by atoms with Crippen LogP contribution in [-0.2, 0) is 47.7 Å². The predicted octanol–water partition coefficient (Wildman–Crippen LogP) is 1.41. The summed E-state index contributed by atoms with van der Waals surface area (Å²) in [6.07, 6.45) is 3.88. The molecule has 0 aromatic heterocycles. The van der Waals surface area contributed by atoms with Gasteiger partial charge < -0.3 is 23.7 Å². The van der Waals surface area contributed by atoms with E-state index in [0.717, 1.165) is 7.11 Å². The van der Waals surface area contributed by atoms with E-state index in [-0.39, 0.29) is 12.3 Å². The minimum atomic E-state index is -1.32. The number of ether oxygens (including phenoxy) is 5. The van der Waals surface area contributed by atoms with Crippen molar-refractivity contribution in [1.29, 1.82) is 0 Å². The van der Waals surface area contributed by atoms with E-state index in [9.17, 15) is 24.0 Å². The Balaban J connectivity index is 1.64. The molecule has 4 aliphatic carbocycles. The lowest BCUT2D eigenvalue weighted by Crippen LogP contribution is -2.52. The maximum atomic E-state index is 13.5. The van der Waals surface area contributed by atoms with E-state index in [4.69, 9.17) is 18.9 Å². The van der Waals surface area contributed by atoms with Crippen LogP contribution in [0.5, 0.6) is 0 Å². The van der Waals surface area contributed by atoms with Gasteiger partial charge in [-0.25, -0.2) is 9.59 Å². The Morgan fingerprint density at radius 1 is 1.14 bits per heavy atom. The van der Waals surface area contributed by atoms with Crippen molar-refractivity contribution in [2.24, 2.45) is 28.6 Å². The van der Waals surface area contributed by atoms with Crippen LogP contribution in [0.3, 0.4) is 0 Å². The van der Waals surface area contributed by atoms with Gasteiger partial charge in [-0.2, -0.15) is 0 Å². The maximum absolute atomic E-state index is 13.5. The molecule has 4 fully saturated rings. The standard InChI is InChI=1S/C25H28O10/c1-12-10-23-11-24(12,34-20(29)19(28)32-5)8-6-14(23)25-9-7-15(33-13(2)26)22(3,21(30)35-25)17(25)16(23)18(27)31-4/h7,9,14-17H,1,6,8,10-11H2,2-5H3/t14-,15+,16-,17-,22+,23+,24+,25?/m1/s1. The Morgan fingerprint density at radius 3 is 2.49 bits per heavy atom. The summed E-state index contributed by atoms with van der Waals surface area (Å²) in [4.78, 5) is 62.8. The van der Waals surface area contributed by atoms with Crippen molar-refractivity contribution in [2.45, 2.75) is 56.8 Å². The first-order chi connectivity index (χ1) is 16.4. The lowest BCUT2D eigenvalue weighted by Gasteiger charge is -2.45. The fourth-order valence-corrected chi connectivity index (χ4v) is 8.01. The molecule has 4 bridgehead atoms. The molecule has 1 saturated heterocycles. The van der Waals surface area contributed by atoms with Crippen LogP contribution in [0.25, 0.3) is 0 Å². The molecule has 1 unspecified atom stereocenters. The van der Waals surface area contributed by atoms with Crippen LogP contribution in [0.1, 0.15) is 39.5 Å². The number of carbonyl (C=O) groups excluding carboxylic acids is 5. The largest absolute Gasteiger partial charge is 0.469 e. The van der Waals surface area contributed by atoms with Crippen molar-refractivity contribution < 1.29 is 47.7 Å². The summed E-state index contributed by atoms with van der Waals surface area (Å²) in [6, 6.07) is 0. The molecule has 1 spiro atoms. The van der Waals surface area contributed by atoms with Crippen molar-refractivity contribution >= 4 is 29.8 Å². The molecule has 0 amide bonds. The van der Waals surface area contributed by atoms with Gasteiger partial charge in [-0.3, -0.25) is 14.4 Å². The van der Waals surface area contributed by atoms with Gasteiger partial charge in [-0.05, 0) is 55.7 Å². The SMILES string of the molecule is C=C1C[C@]23C[C@@]1(OC(=O)C(=O)OC)CC[C@H]2C12C=C[C@H](OC(C)=O)[C@](C)(C(=O)O1)[C@H]2[C@@H]3C(=O)OC. The van der Waals surface area contributed by atoms with Crippen LogP contribution in [-0.4, -0.2) is 61.4 Å². The van der Waals surface area contributed by atoms with Gasteiger partial charge in [-0.15, -0.1) is 0 Å². The van der Waals surface area contributed by atoms with Crippen LogP contribution in [0.4, 0.5) is 0 Å². The van der Waals surface area contributed by atoms with Crippen molar-refractivity contribution in [2.75, 3.05) is 14.2 Å². The summed E-state index contributed by atoms with van der Waals surface area (Å²) in [5.74, 6) is -5.65. The van der Waals surface area contributed by atoms with Gasteiger partial charge in [0.25, 0.3) is 0 Å². The molecule has 0 aromatic carbocycles. The first kappa shape index (κ1) is 23.6. The van der Waals surface area contributed by atoms with Gasteiger partial charge in [0.15, 0.2) is 0 Å². The van der Waals surface area contributed by atoms with Crippen LogP contribution in [0.2, 0.25) is 0 Å². The monoisotopic (exact) mass is 488 g/mol. The van der Waals surface area contributed by atoms with Crippen LogP contribution < -0.4 is 0 Å². The van der Waals surface area contributed by atoms with E-state index < -0.39 is 69.8 Å². The highest BCUT2D eigenvalue weighted by molar-refractivity contribution is 6.29. The Labute approximate surface area is 201 Å². The second-order valence-corrected chi connectivity index (χ2v) is 10.6. The van der Waals surface area contributed by atoms with Crippen molar-refractivity contribution in [3.63, 3.8) is 0 Å². The molecule has 35 heavy (non-hydrogen) atoms. The third-order valence-electron chi connectivity index (χ3n) is 9.18. The normalized spacial score (nSPS) is 44.1. The Hall–Kier alpha value is -3.17. The van der Waals surface area contributed by atoms with Gasteiger partial charge >= 0.3 is 29.8 Å². The topological polar surface area (TPSA) is 132 Å². The molecule has 1 aliphatic heterocycles. The van der Waals surface area contributed by atoms with Gasteiger partial charge in [0, 0.05) is 18.8 Å². The average molecular weight is 488 g/mol. The summed E-state index contributed by atoms with van der Waals surface area (Å²) in [5, 5.41) is 0. The van der Waals surface area contributed by atoms with Crippen LogP contribution in [0.15, 0.2) is 24.3 Å². The lowest BCUT2D eigenvalue weighted by molar-refractivity contribution is -0.180. The minimum Gasteiger partial charge on any atom is -0.469 e. The van der Waals surface area contributed by atoms with E-state index >= 15 is 0 Å². The highest BCUT2D eigenvalue weighted by atomic mass is 16.6. The molecule has 188 valence electrons. The summed E-state index contributed by atoms with van der Waals surface area (Å²) in [7, 11) is 2.38. The number of methoxy groups -OCH3 is 2. The maximum Gasteiger partial charge on any atom is 0.418 e. The molecule has 8 atom stereocenters. The predicted molar refractivity (Wildman–Crippen MR) is 115 cm³/mol. The molecule has 1 heterocycles. The number of hydrogen-bond acceptors (Lipinski definition) is 10. The van der Waals surface area contributed by atoms with Crippen molar-refractivity contribution in [1.82, 2.24) is 0 Å². The zero-order chi connectivity index (χ0) is 25.6. The van der Waals surface area contributed by atoms with E-state index in [1.54, 1.807) is 19.1 Å². The smallest absolute Gasteiger partial charge is 0.418 e. The molecular weight excluding hydrogens is 460 g/mol. The number of carbonyl (C=O) groups is 5. The Kier molecular flexibility index (Phi) is 4.83. The van der Waals surface area contributed by atoms with Crippen LogP contribution >= 0.6 is 0 Å². The summed E-state index contributed by atoms with van der Waals surface area (Å²) in [5.41, 5.74) is -3.79. The number of fused-ring (bicyclic) bond motifs is 1. The second kappa shape index (κ2) is 7.18. The summed E-state index contributed by atoms with van der Waals surface area (Å²) in [6.45, 7) is 7.09. The summed E-state index contributed by atoms with van der Waals surface area (Å²) < 4.78 is 27.1. The second-order valence-electron chi connectivity index (χ2n) is 10.6. The highest BCUT2D eigenvalue weighted by Crippen LogP contribution is 2.78. The van der Waals surface area contributed by atoms with Gasteiger partial charge in [-0.1, -0.05) is 6.58 Å². The van der Waals surface area contributed by atoms with Crippen LogP contribution in [0, 0.1) is 28.6 Å². The molecule has 0 N–H and O–H groups in total. The van der Waals surface area contributed by atoms with Gasteiger partial charge in [0.05, 0.1) is 20.1 Å². The Morgan fingerprint density at radius 2 is 1.86 bits per heavy atom. The fraction of sp³-hybridized carbons (Fsp3) is 0.640. The molecule has 5 rings (SSSR count). The number of rotatable bonds is 3. The molecule has 0 aromatic rings. The van der Waals surface area contributed by atoms with E-state index in [1.807, 2.05) is 0 Å². The highest BCUT2D eigenvalue weighted by Gasteiger charge is 2.84. The number of esters is 5. The van der Waals surface area contributed by atoms with E-state index in [1.165, 1.54) is 14.0 Å². The van der Waals surface area contributed by atoms with E-state index in [2.05, 4.69) is 11.3 Å². The zero-order valence-corrected chi connectivity index (χ0v) is 20.1. The number of hydrogen-bond donors (Lipinski definition) is 0.